The van der Waals surface area contributed by atoms with Gasteiger partial charge in [0.15, 0.2) is 0 Å². The average molecular weight is 294 g/mol. The van der Waals surface area contributed by atoms with Crippen LogP contribution in [0.25, 0.3) is 0 Å². The Balaban J connectivity index is 1.68. The van der Waals surface area contributed by atoms with Crippen LogP contribution in [0.1, 0.15) is 59.3 Å². The van der Waals surface area contributed by atoms with E-state index in [2.05, 4.69) is 37.1 Å². The Kier molecular flexibility index (Phi) is 6.27. The first-order chi connectivity index (χ1) is 9.97. The highest BCUT2D eigenvalue weighted by Crippen LogP contribution is 2.31. The van der Waals surface area contributed by atoms with Crippen LogP contribution in [0.4, 0.5) is 0 Å². The SMILES string of the molecule is CC(C)=CCN1CCC(NCC2(O)CCCC(C)C2)CC1. The quantitative estimate of drug-likeness (QED) is 0.765. The molecule has 2 N–H and O–H groups in total. The fourth-order valence-corrected chi connectivity index (χ4v) is 3.76. The lowest BCUT2D eigenvalue weighted by Gasteiger charge is -2.38. The van der Waals surface area contributed by atoms with Crippen LogP contribution in [-0.4, -0.2) is 47.8 Å². The number of hydrogen-bond acceptors (Lipinski definition) is 3. The van der Waals surface area contributed by atoms with Crippen molar-refractivity contribution in [2.24, 2.45) is 5.92 Å². The van der Waals surface area contributed by atoms with Gasteiger partial charge < -0.3 is 10.4 Å². The molecule has 0 aromatic rings. The number of allylic oxidation sites excluding steroid dienone is 1. The zero-order valence-electron chi connectivity index (χ0n) is 14.2. The second kappa shape index (κ2) is 7.75. The molecule has 1 saturated heterocycles. The van der Waals surface area contributed by atoms with Crippen LogP contribution >= 0.6 is 0 Å². The van der Waals surface area contributed by atoms with Gasteiger partial charge in [-0.3, -0.25) is 4.90 Å². The Bertz CT molecular complexity index is 343. The summed E-state index contributed by atoms with van der Waals surface area (Å²) in [4.78, 5) is 2.53. The zero-order chi connectivity index (χ0) is 15.3. The molecule has 122 valence electrons. The summed E-state index contributed by atoms with van der Waals surface area (Å²) in [5.74, 6) is 0.677. The number of likely N-dealkylation sites (tertiary alicyclic amines) is 1. The summed E-state index contributed by atoms with van der Waals surface area (Å²) in [5.41, 5.74) is 0.959. The van der Waals surface area contributed by atoms with Crippen molar-refractivity contribution < 1.29 is 5.11 Å². The van der Waals surface area contributed by atoms with E-state index in [9.17, 15) is 5.11 Å². The van der Waals surface area contributed by atoms with E-state index in [0.29, 0.717) is 12.0 Å². The van der Waals surface area contributed by atoms with Crippen LogP contribution in [0.2, 0.25) is 0 Å². The molecule has 2 atom stereocenters. The third-order valence-corrected chi connectivity index (χ3v) is 5.13. The van der Waals surface area contributed by atoms with Gasteiger partial charge in [0.25, 0.3) is 0 Å². The molecule has 1 saturated carbocycles. The fourth-order valence-electron chi connectivity index (χ4n) is 3.76. The Morgan fingerprint density at radius 1 is 1.29 bits per heavy atom. The largest absolute Gasteiger partial charge is 0.389 e. The van der Waals surface area contributed by atoms with Gasteiger partial charge in [0, 0.05) is 19.1 Å². The van der Waals surface area contributed by atoms with Gasteiger partial charge >= 0.3 is 0 Å². The van der Waals surface area contributed by atoms with E-state index in [1.54, 1.807) is 0 Å². The van der Waals surface area contributed by atoms with Crippen molar-refractivity contribution in [1.82, 2.24) is 10.2 Å². The smallest absolute Gasteiger partial charge is 0.0774 e. The van der Waals surface area contributed by atoms with Crippen molar-refractivity contribution in [3.63, 3.8) is 0 Å². The molecule has 1 heterocycles. The summed E-state index contributed by atoms with van der Waals surface area (Å²) in [6.07, 6.45) is 9.15. The van der Waals surface area contributed by atoms with Gasteiger partial charge in [-0.25, -0.2) is 0 Å². The van der Waals surface area contributed by atoms with Crippen molar-refractivity contribution in [2.45, 2.75) is 70.9 Å². The standard InChI is InChI=1S/C18H34N2O/c1-15(2)6-10-20-11-7-17(8-12-20)19-14-18(21)9-4-5-16(3)13-18/h6,16-17,19,21H,4-5,7-14H2,1-3H3. The molecule has 0 bridgehead atoms. The van der Waals surface area contributed by atoms with E-state index in [0.717, 1.165) is 25.9 Å². The van der Waals surface area contributed by atoms with Crippen molar-refractivity contribution >= 4 is 0 Å². The number of rotatable bonds is 5. The lowest BCUT2D eigenvalue weighted by atomic mass is 9.79. The summed E-state index contributed by atoms with van der Waals surface area (Å²) in [6.45, 7) is 10.8. The van der Waals surface area contributed by atoms with Crippen LogP contribution in [0.3, 0.4) is 0 Å². The maximum absolute atomic E-state index is 10.7. The normalized spacial score (nSPS) is 32.1. The first kappa shape index (κ1) is 17.0. The van der Waals surface area contributed by atoms with E-state index in [1.807, 2.05) is 0 Å². The van der Waals surface area contributed by atoms with Gasteiger partial charge in [-0.2, -0.15) is 0 Å². The van der Waals surface area contributed by atoms with E-state index in [1.165, 1.54) is 44.3 Å². The highest BCUT2D eigenvalue weighted by Gasteiger charge is 2.33. The third kappa shape index (κ3) is 5.72. The lowest BCUT2D eigenvalue weighted by Crippen LogP contribution is -2.50. The van der Waals surface area contributed by atoms with Crippen molar-refractivity contribution in [1.29, 1.82) is 0 Å². The van der Waals surface area contributed by atoms with Crippen molar-refractivity contribution in [2.75, 3.05) is 26.2 Å². The molecular formula is C18H34N2O. The molecule has 1 aliphatic heterocycles. The van der Waals surface area contributed by atoms with Crippen molar-refractivity contribution in [3.05, 3.63) is 11.6 Å². The molecule has 0 spiro atoms. The van der Waals surface area contributed by atoms with Crippen LogP contribution in [0.15, 0.2) is 11.6 Å². The van der Waals surface area contributed by atoms with E-state index in [-0.39, 0.29) is 0 Å². The van der Waals surface area contributed by atoms with Crippen molar-refractivity contribution in [3.8, 4) is 0 Å². The van der Waals surface area contributed by atoms with Crippen LogP contribution in [-0.2, 0) is 0 Å². The summed E-state index contributed by atoms with van der Waals surface area (Å²) >= 11 is 0. The molecule has 3 nitrogen and oxygen atoms in total. The predicted molar refractivity (Wildman–Crippen MR) is 89.5 cm³/mol. The molecule has 0 aromatic heterocycles. The maximum atomic E-state index is 10.7. The average Bonchev–Trinajstić information content (AvgIpc) is 2.44. The second-order valence-corrected chi connectivity index (χ2v) is 7.66. The molecule has 3 heteroatoms. The fraction of sp³-hybridized carbons (Fsp3) is 0.889. The summed E-state index contributed by atoms with van der Waals surface area (Å²) in [7, 11) is 0. The Morgan fingerprint density at radius 3 is 2.62 bits per heavy atom. The minimum absolute atomic E-state index is 0.448. The number of hydrogen-bond donors (Lipinski definition) is 2. The monoisotopic (exact) mass is 294 g/mol. The van der Waals surface area contributed by atoms with Gasteiger partial charge in [0.05, 0.1) is 5.60 Å². The predicted octanol–water partition coefficient (Wildman–Crippen LogP) is 2.95. The number of nitrogens with zero attached hydrogens (tertiary/aromatic N) is 1. The second-order valence-electron chi connectivity index (χ2n) is 7.66. The molecule has 2 fully saturated rings. The molecule has 21 heavy (non-hydrogen) atoms. The molecule has 2 unspecified atom stereocenters. The molecule has 2 aliphatic rings. The lowest BCUT2D eigenvalue weighted by molar-refractivity contribution is -0.0151. The van der Waals surface area contributed by atoms with Gasteiger partial charge in [-0.1, -0.05) is 31.4 Å². The maximum Gasteiger partial charge on any atom is 0.0774 e. The van der Waals surface area contributed by atoms with Crippen LogP contribution in [0.5, 0.6) is 0 Å². The summed E-state index contributed by atoms with van der Waals surface area (Å²) < 4.78 is 0. The van der Waals surface area contributed by atoms with Crippen LogP contribution in [0, 0.1) is 5.92 Å². The minimum Gasteiger partial charge on any atom is -0.389 e. The number of aliphatic hydroxyl groups is 1. The number of piperidine rings is 1. The van der Waals surface area contributed by atoms with Crippen LogP contribution < -0.4 is 5.32 Å². The Labute approximate surface area is 130 Å². The zero-order valence-corrected chi connectivity index (χ0v) is 14.2. The summed E-state index contributed by atoms with van der Waals surface area (Å²) in [6, 6.07) is 0.592. The number of nitrogens with one attached hydrogen (secondary N) is 1. The Hall–Kier alpha value is -0.380. The van der Waals surface area contributed by atoms with Gasteiger partial charge in [0.2, 0.25) is 0 Å². The first-order valence-corrected chi connectivity index (χ1v) is 8.78. The Morgan fingerprint density at radius 2 is 2.00 bits per heavy atom. The molecule has 0 amide bonds. The van der Waals surface area contributed by atoms with E-state index < -0.39 is 5.60 Å². The minimum atomic E-state index is -0.448. The summed E-state index contributed by atoms with van der Waals surface area (Å²) in [5, 5.41) is 14.3. The third-order valence-electron chi connectivity index (χ3n) is 5.13. The highest BCUT2D eigenvalue weighted by atomic mass is 16.3. The van der Waals surface area contributed by atoms with E-state index in [4.69, 9.17) is 0 Å². The topological polar surface area (TPSA) is 35.5 Å². The molecule has 1 aliphatic carbocycles. The molecule has 0 aromatic carbocycles. The van der Waals surface area contributed by atoms with Gasteiger partial charge in [-0.05, 0) is 58.5 Å². The molecule has 2 rings (SSSR count). The molecular weight excluding hydrogens is 260 g/mol. The first-order valence-electron chi connectivity index (χ1n) is 8.78. The van der Waals surface area contributed by atoms with E-state index >= 15 is 0 Å². The van der Waals surface area contributed by atoms with Gasteiger partial charge in [0.1, 0.15) is 0 Å². The molecule has 0 radical (unpaired) electrons. The highest BCUT2D eigenvalue weighted by molar-refractivity contribution is 4.96. The van der Waals surface area contributed by atoms with Gasteiger partial charge in [-0.15, -0.1) is 0 Å².